The van der Waals surface area contributed by atoms with Crippen molar-refractivity contribution in [3.63, 3.8) is 0 Å². The summed E-state index contributed by atoms with van der Waals surface area (Å²) in [6, 6.07) is 19.6. The van der Waals surface area contributed by atoms with Crippen LogP contribution in [-0.2, 0) is 0 Å². The Kier molecular flexibility index (Phi) is 5.49. The Labute approximate surface area is 124 Å². The van der Waals surface area contributed by atoms with E-state index in [1.54, 1.807) is 17.8 Å². The minimum absolute atomic E-state index is 0.145. The molecule has 1 N–H and O–H groups in total. The second kappa shape index (κ2) is 7.59. The largest absolute Gasteiger partial charge is 0.379 e. The van der Waals surface area contributed by atoms with E-state index in [9.17, 15) is 5.11 Å². The number of hydrogen-bond acceptors (Lipinski definition) is 2. The Morgan fingerprint density at radius 2 is 1.60 bits per heavy atom. The van der Waals surface area contributed by atoms with E-state index in [0.717, 1.165) is 10.5 Å². The minimum Gasteiger partial charge on any atom is -0.379 e. The van der Waals surface area contributed by atoms with Crippen molar-refractivity contribution in [1.82, 2.24) is 0 Å². The van der Waals surface area contributed by atoms with E-state index < -0.39 is 6.10 Å². The van der Waals surface area contributed by atoms with Crippen LogP contribution in [0.25, 0.3) is 0 Å². The van der Waals surface area contributed by atoms with Gasteiger partial charge in [0, 0.05) is 10.5 Å². The zero-order chi connectivity index (χ0) is 14.2. The highest BCUT2D eigenvalue weighted by atomic mass is 32.2. The van der Waals surface area contributed by atoms with Crippen molar-refractivity contribution < 1.29 is 5.11 Å². The summed E-state index contributed by atoms with van der Waals surface area (Å²) in [4.78, 5) is 1.10. The van der Waals surface area contributed by atoms with Gasteiger partial charge >= 0.3 is 0 Å². The molecule has 1 nitrogen and oxygen atoms in total. The Hall–Kier alpha value is -1.95. The smallest absolute Gasteiger partial charge is 0.130 e. The molecule has 0 saturated carbocycles. The van der Waals surface area contributed by atoms with E-state index in [2.05, 4.69) is 18.4 Å². The Morgan fingerprint density at radius 1 is 1.00 bits per heavy atom. The number of rotatable bonds is 4. The SMILES string of the molecule is C=C[C@@H](Sc1ccccc1)[C@@H](O)C#Cc1ccccc1. The number of benzene rings is 2. The zero-order valence-corrected chi connectivity index (χ0v) is 11.9. The molecule has 2 atom stereocenters. The fourth-order valence-electron chi connectivity index (χ4n) is 1.66. The molecule has 0 bridgehead atoms. The van der Waals surface area contributed by atoms with E-state index in [4.69, 9.17) is 0 Å². The summed E-state index contributed by atoms with van der Waals surface area (Å²) < 4.78 is 0. The lowest BCUT2D eigenvalue weighted by Crippen LogP contribution is -2.18. The molecule has 2 aromatic rings. The quantitative estimate of drug-likeness (QED) is 0.523. The molecule has 0 heterocycles. The van der Waals surface area contributed by atoms with Crippen molar-refractivity contribution in [2.24, 2.45) is 0 Å². The molecule has 2 rings (SSSR count). The summed E-state index contributed by atoms with van der Waals surface area (Å²) in [6.07, 6.45) is 1.00. The predicted molar refractivity (Wildman–Crippen MR) is 85.6 cm³/mol. The van der Waals surface area contributed by atoms with Crippen LogP contribution in [-0.4, -0.2) is 16.5 Å². The fraction of sp³-hybridized carbons (Fsp3) is 0.111. The number of aliphatic hydroxyl groups excluding tert-OH is 1. The first-order chi connectivity index (χ1) is 9.79. The molecule has 0 aliphatic heterocycles. The number of aliphatic hydroxyl groups is 1. The minimum atomic E-state index is -0.738. The van der Waals surface area contributed by atoms with Crippen molar-refractivity contribution in [2.45, 2.75) is 16.2 Å². The van der Waals surface area contributed by atoms with Gasteiger partial charge < -0.3 is 5.11 Å². The van der Waals surface area contributed by atoms with Gasteiger partial charge in [0.1, 0.15) is 6.10 Å². The van der Waals surface area contributed by atoms with E-state index in [1.807, 2.05) is 60.7 Å². The van der Waals surface area contributed by atoms with Crippen LogP contribution in [0.2, 0.25) is 0 Å². The zero-order valence-electron chi connectivity index (χ0n) is 11.1. The van der Waals surface area contributed by atoms with Crippen LogP contribution in [0.1, 0.15) is 5.56 Å². The lowest BCUT2D eigenvalue weighted by molar-refractivity contribution is 0.241. The van der Waals surface area contributed by atoms with Crippen molar-refractivity contribution in [2.75, 3.05) is 0 Å². The first kappa shape index (κ1) is 14.5. The average Bonchev–Trinajstić information content (AvgIpc) is 2.52. The van der Waals surface area contributed by atoms with Gasteiger partial charge in [-0.25, -0.2) is 0 Å². The number of thioether (sulfide) groups is 1. The van der Waals surface area contributed by atoms with E-state index in [0.29, 0.717) is 0 Å². The van der Waals surface area contributed by atoms with Gasteiger partial charge in [0.25, 0.3) is 0 Å². The molecule has 0 fully saturated rings. The number of hydrogen-bond donors (Lipinski definition) is 1. The van der Waals surface area contributed by atoms with Crippen LogP contribution in [0.5, 0.6) is 0 Å². The molecule has 100 valence electrons. The molecule has 0 amide bonds. The van der Waals surface area contributed by atoms with Crippen LogP contribution in [0.4, 0.5) is 0 Å². The molecule has 0 spiro atoms. The topological polar surface area (TPSA) is 20.2 Å². The monoisotopic (exact) mass is 280 g/mol. The van der Waals surface area contributed by atoms with Gasteiger partial charge in [-0.3, -0.25) is 0 Å². The maximum atomic E-state index is 10.2. The highest BCUT2D eigenvalue weighted by Crippen LogP contribution is 2.25. The van der Waals surface area contributed by atoms with Crippen LogP contribution in [0.15, 0.2) is 78.2 Å². The summed E-state index contributed by atoms with van der Waals surface area (Å²) in [5.41, 5.74) is 0.902. The average molecular weight is 280 g/mol. The van der Waals surface area contributed by atoms with Gasteiger partial charge in [-0.1, -0.05) is 54.3 Å². The maximum Gasteiger partial charge on any atom is 0.130 e. The van der Waals surface area contributed by atoms with E-state index in [1.165, 1.54) is 0 Å². The van der Waals surface area contributed by atoms with E-state index >= 15 is 0 Å². The van der Waals surface area contributed by atoms with Gasteiger partial charge in [-0.05, 0) is 24.3 Å². The highest BCUT2D eigenvalue weighted by Gasteiger charge is 2.14. The van der Waals surface area contributed by atoms with Crippen LogP contribution in [0.3, 0.4) is 0 Å². The van der Waals surface area contributed by atoms with Crippen LogP contribution in [0, 0.1) is 11.8 Å². The molecule has 2 heteroatoms. The molecule has 0 aromatic heterocycles. The molecule has 0 radical (unpaired) electrons. The third-order valence-electron chi connectivity index (χ3n) is 2.70. The lowest BCUT2D eigenvalue weighted by atomic mass is 10.2. The molecule has 0 aliphatic carbocycles. The Bertz CT molecular complexity index is 596. The van der Waals surface area contributed by atoms with Crippen molar-refractivity contribution >= 4 is 11.8 Å². The van der Waals surface area contributed by atoms with Crippen molar-refractivity contribution in [1.29, 1.82) is 0 Å². The summed E-state index contributed by atoms with van der Waals surface area (Å²) in [5.74, 6) is 5.87. The second-order valence-electron chi connectivity index (χ2n) is 4.21. The molecule has 2 aromatic carbocycles. The first-order valence-corrected chi connectivity index (χ1v) is 7.26. The second-order valence-corrected chi connectivity index (χ2v) is 5.46. The van der Waals surface area contributed by atoms with E-state index in [-0.39, 0.29) is 5.25 Å². The van der Waals surface area contributed by atoms with Gasteiger partial charge in [-0.15, -0.1) is 18.3 Å². The van der Waals surface area contributed by atoms with Crippen LogP contribution >= 0.6 is 11.8 Å². The third kappa shape index (κ3) is 4.31. The van der Waals surface area contributed by atoms with Crippen molar-refractivity contribution in [3.8, 4) is 11.8 Å². The van der Waals surface area contributed by atoms with Crippen LogP contribution < -0.4 is 0 Å². The standard InChI is InChI=1S/C18H16OS/c1-2-18(20-16-11-7-4-8-12-16)17(19)14-13-15-9-5-3-6-10-15/h2-12,17-19H,1H2/t17-,18+/m0/s1. The molecule has 20 heavy (non-hydrogen) atoms. The molecular formula is C18H16OS. The fourth-order valence-corrected chi connectivity index (χ4v) is 2.58. The Balaban J connectivity index is 2.05. The molecule has 0 saturated heterocycles. The summed E-state index contributed by atoms with van der Waals surface area (Å²) in [6.45, 7) is 3.78. The molecular weight excluding hydrogens is 264 g/mol. The molecule has 0 unspecified atom stereocenters. The third-order valence-corrected chi connectivity index (χ3v) is 3.96. The van der Waals surface area contributed by atoms with Gasteiger partial charge in [-0.2, -0.15) is 0 Å². The van der Waals surface area contributed by atoms with Crippen molar-refractivity contribution in [3.05, 3.63) is 78.9 Å². The summed E-state index contributed by atoms with van der Waals surface area (Å²) in [7, 11) is 0. The highest BCUT2D eigenvalue weighted by molar-refractivity contribution is 8.00. The normalized spacial score (nSPS) is 12.8. The maximum absolute atomic E-state index is 10.2. The molecule has 0 aliphatic rings. The van der Waals surface area contributed by atoms with Gasteiger partial charge in [0.2, 0.25) is 0 Å². The van der Waals surface area contributed by atoms with Gasteiger partial charge in [0.15, 0.2) is 0 Å². The predicted octanol–water partition coefficient (Wildman–Crippen LogP) is 3.75. The summed E-state index contributed by atoms with van der Waals surface area (Å²) in [5, 5.41) is 10.0. The first-order valence-electron chi connectivity index (χ1n) is 6.38. The van der Waals surface area contributed by atoms with Gasteiger partial charge in [0.05, 0.1) is 5.25 Å². The lowest BCUT2D eigenvalue weighted by Gasteiger charge is -2.14. The summed E-state index contributed by atoms with van der Waals surface area (Å²) >= 11 is 1.56. The Morgan fingerprint density at radius 3 is 2.20 bits per heavy atom.